The third-order valence-electron chi connectivity index (χ3n) is 2.36. The average molecular weight is 306 g/mol. The van der Waals surface area contributed by atoms with Crippen LogP contribution in [0.25, 0.3) is 0 Å². The second-order valence-corrected chi connectivity index (χ2v) is 5.52. The molecular formula is C11H13Cl2N3OS. The van der Waals surface area contributed by atoms with Crippen molar-refractivity contribution >= 4 is 46.5 Å². The first-order valence-corrected chi connectivity index (χ1v) is 7.28. The lowest BCUT2D eigenvalue weighted by Gasteiger charge is -2.16. The van der Waals surface area contributed by atoms with Crippen LogP contribution in [0.3, 0.4) is 0 Å². The van der Waals surface area contributed by atoms with E-state index in [4.69, 9.17) is 27.9 Å². The fraction of sp³-hybridized carbons (Fsp3) is 0.364. The van der Waals surface area contributed by atoms with Gasteiger partial charge in [0.05, 0.1) is 35.1 Å². The Morgan fingerprint density at radius 2 is 2.11 bits per heavy atom. The molecule has 0 spiro atoms. The lowest BCUT2D eigenvalue weighted by Crippen LogP contribution is -2.33. The molecule has 18 heavy (non-hydrogen) atoms. The van der Waals surface area contributed by atoms with Crippen LogP contribution in [0.4, 0.5) is 5.69 Å². The smallest absolute Gasteiger partial charge is 0.139 e. The zero-order chi connectivity index (χ0) is 13.0. The van der Waals surface area contributed by atoms with Crippen molar-refractivity contribution in [3.63, 3.8) is 0 Å². The second kappa shape index (κ2) is 6.41. The third kappa shape index (κ3) is 3.37. The van der Waals surface area contributed by atoms with Gasteiger partial charge in [0.25, 0.3) is 0 Å². The van der Waals surface area contributed by atoms with Crippen LogP contribution in [0.5, 0.6) is 5.75 Å². The van der Waals surface area contributed by atoms with Crippen molar-refractivity contribution < 1.29 is 4.74 Å². The van der Waals surface area contributed by atoms with Gasteiger partial charge in [0.15, 0.2) is 0 Å². The van der Waals surface area contributed by atoms with Gasteiger partial charge in [-0.05, 0) is 6.07 Å². The average Bonchev–Trinajstić information content (AvgIpc) is 2.39. The molecule has 0 radical (unpaired) electrons. The molecule has 1 heterocycles. The number of halogens is 2. The van der Waals surface area contributed by atoms with Crippen molar-refractivity contribution in [3.05, 3.63) is 22.2 Å². The summed E-state index contributed by atoms with van der Waals surface area (Å²) in [7, 11) is 1.56. The Morgan fingerprint density at radius 1 is 1.28 bits per heavy atom. The number of aliphatic imine (C=N–C) groups is 1. The molecule has 2 rings (SSSR count). The normalized spacial score (nSPS) is 14.9. The molecular weight excluding hydrogens is 293 g/mol. The van der Waals surface area contributed by atoms with Gasteiger partial charge in [-0.1, -0.05) is 23.2 Å². The molecule has 1 aromatic rings. The van der Waals surface area contributed by atoms with Crippen molar-refractivity contribution in [1.82, 2.24) is 5.43 Å². The first-order chi connectivity index (χ1) is 8.70. The molecule has 2 N–H and O–H groups in total. The van der Waals surface area contributed by atoms with Gasteiger partial charge >= 0.3 is 0 Å². The van der Waals surface area contributed by atoms with Crippen molar-refractivity contribution in [2.24, 2.45) is 4.99 Å². The van der Waals surface area contributed by atoms with E-state index >= 15 is 0 Å². The molecule has 4 nitrogen and oxygen atoms in total. The molecule has 0 unspecified atom stereocenters. The Morgan fingerprint density at radius 3 is 2.78 bits per heavy atom. The maximum Gasteiger partial charge on any atom is 0.139 e. The summed E-state index contributed by atoms with van der Waals surface area (Å²) in [6, 6.07) is 3.39. The van der Waals surface area contributed by atoms with Crippen LogP contribution in [-0.2, 0) is 0 Å². The highest BCUT2D eigenvalue weighted by Crippen LogP contribution is 2.33. The van der Waals surface area contributed by atoms with Crippen molar-refractivity contribution in [3.8, 4) is 5.75 Å². The fourth-order valence-electron chi connectivity index (χ4n) is 1.46. The molecule has 0 fully saturated rings. The number of hydrogen-bond donors (Lipinski definition) is 2. The van der Waals surface area contributed by atoms with Gasteiger partial charge in [0.1, 0.15) is 11.6 Å². The molecule has 0 saturated carbocycles. The molecule has 0 aromatic heterocycles. The van der Waals surface area contributed by atoms with Gasteiger partial charge in [0.2, 0.25) is 0 Å². The van der Waals surface area contributed by atoms with Gasteiger partial charge in [0, 0.05) is 11.8 Å². The molecule has 0 amide bonds. The van der Waals surface area contributed by atoms with Crippen LogP contribution < -0.4 is 15.6 Å². The number of nitrogens with one attached hydrogen (secondary N) is 2. The van der Waals surface area contributed by atoms with Gasteiger partial charge < -0.3 is 4.74 Å². The van der Waals surface area contributed by atoms with E-state index in [1.165, 1.54) is 0 Å². The first kappa shape index (κ1) is 13.6. The highest BCUT2D eigenvalue weighted by molar-refractivity contribution is 8.00. The van der Waals surface area contributed by atoms with Crippen LogP contribution >= 0.6 is 35.0 Å². The van der Waals surface area contributed by atoms with Crippen LogP contribution in [0, 0.1) is 0 Å². The molecule has 0 saturated heterocycles. The van der Waals surface area contributed by atoms with E-state index in [1.54, 1.807) is 19.2 Å². The second-order valence-electron chi connectivity index (χ2n) is 3.60. The predicted octanol–water partition coefficient (Wildman–Crippen LogP) is 3.06. The molecule has 1 aromatic carbocycles. The lowest BCUT2D eigenvalue weighted by molar-refractivity contribution is 0.415. The Labute approximate surface area is 120 Å². The van der Waals surface area contributed by atoms with E-state index in [0.717, 1.165) is 23.9 Å². The molecule has 98 valence electrons. The zero-order valence-electron chi connectivity index (χ0n) is 9.80. The summed E-state index contributed by atoms with van der Waals surface area (Å²) in [6.45, 7) is 0.840. The summed E-state index contributed by atoms with van der Waals surface area (Å²) in [4.78, 5) is 4.36. The maximum absolute atomic E-state index is 6.09. The minimum absolute atomic E-state index is 0.485. The van der Waals surface area contributed by atoms with Gasteiger partial charge in [-0.15, -0.1) is 0 Å². The summed E-state index contributed by atoms with van der Waals surface area (Å²) in [6.07, 6.45) is 0. The van der Waals surface area contributed by atoms with E-state index in [2.05, 4.69) is 15.8 Å². The van der Waals surface area contributed by atoms with E-state index in [0.29, 0.717) is 21.5 Å². The Balaban J connectivity index is 2.06. The standard InChI is InChI=1S/C11H13Cl2N3OS/c1-17-10-5-9(7(12)4-8(10)13)15-16-11-6-18-3-2-14-11/h4-5,15H,2-3,6H2,1H3,(H,14,16). The topological polar surface area (TPSA) is 45.6 Å². The van der Waals surface area contributed by atoms with E-state index in [9.17, 15) is 0 Å². The first-order valence-electron chi connectivity index (χ1n) is 5.37. The predicted molar refractivity (Wildman–Crippen MR) is 79.4 cm³/mol. The molecule has 7 heteroatoms. The van der Waals surface area contributed by atoms with E-state index in [1.807, 2.05) is 11.8 Å². The molecule has 0 aliphatic carbocycles. The summed E-state index contributed by atoms with van der Waals surface area (Å²) in [5.74, 6) is 3.43. The Kier molecular flexibility index (Phi) is 4.86. The van der Waals surface area contributed by atoms with Crippen molar-refractivity contribution in [2.45, 2.75) is 0 Å². The van der Waals surface area contributed by atoms with Gasteiger partial charge in [-0.25, -0.2) is 0 Å². The highest BCUT2D eigenvalue weighted by atomic mass is 35.5. The van der Waals surface area contributed by atoms with Crippen LogP contribution in [-0.4, -0.2) is 31.0 Å². The summed E-state index contributed by atoms with van der Waals surface area (Å²) >= 11 is 13.9. The molecule has 1 aliphatic rings. The summed E-state index contributed by atoms with van der Waals surface area (Å²) in [5, 5.41) is 1.01. The molecule has 0 bridgehead atoms. The van der Waals surface area contributed by atoms with Crippen LogP contribution in [0.15, 0.2) is 17.1 Å². The number of methoxy groups -OCH3 is 1. The Bertz CT molecular complexity index is 468. The highest BCUT2D eigenvalue weighted by Gasteiger charge is 2.09. The van der Waals surface area contributed by atoms with Crippen molar-refractivity contribution in [1.29, 1.82) is 0 Å². The fourth-order valence-corrected chi connectivity index (χ4v) is 2.69. The van der Waals surface area contributed by atoms with Crippen molar-refractivity contribution in [2.75, 3.05) is 30.6 Å². The molecule has 0 atom stereocenters. The molecule has 1 aliphatic heterocycles. The minimum Gasteiger partial charge on any atom is -0.495 e. The quantitative estimate of drug-likeness (QED) is 0.843. The third-order valence-corrected chi connectivity index (χ3v) is 3.92. The monoisotopic (exact) mass is 305 g/mol. The number of rotatable bonds is 3. The van der Waals surface area contributed by atoms with Crippen LogP contribution in [0.1, 0.15) is 0 Å². The van der Waals surface area contributed by atoms with E-state index in [-0.39, 0.29) is 0 Å². The zero-order valence-corrected chi connectivity index (χ0v) is 12.1. The largest absolute Gasteiger partial charge is 0.495 e. The van der Waals surface area contributed by atoms with E-state index < -0.39 is 0 Å². The number of benzene rings is 1. The van der Waals surface area contributed by atoms with Gasteiger partial charge in [-0.3, -0.25) is 15.8 Å². The Hall–Kier alpha value is -0.780. The number of hydrazine groups is 1. The number of nitrogens with zero attached hydrogens (tertiary/aromatic N) is 1. The number of amidine groups is 1. The summed E-state index contributed by atoms with van der Waals surface area (Å²) in [5.41, 5.74) is 6.77. The number of thioether (sulfide) groups is 1. The minimum atomic E-state index is 0.485. The summed E-state index contributed by atoms with van der Waals surface area (Å²) < 4.78 is 5.14. The number of anilines is 1. The SMILES string of the molecule is COc1cc(NNC2=NCCSC2)c(Cl)cc1Cl. The maximum atomic E-state index is 6.09. The van der Waals surface area contributed by atoms with Gasteiger partial charge in [-0.2, -0.15) is 11.8 Å². The lowest BCUT2D eigenvalue weighted by atomic mass is 10.3. The van der Waals surface area contributed by atoms with Crippen LogP contribution in [0.2, 0.25) is 10.0 Å². The number of hydrogen-bond acceptors (Lipinski definition) is 5. The number of ether oxygens (including phenoxy) is 1.